The summed E-state index contributed by atoms with van der Waals surface area (Å²) in [7, 11) is 1.87. The van der Waals surface area contributed by atoms with Crippen molar-refractivity contribution in [2.45, 2.75) is 31.1 Å². The minimum atomic E-state index is -0.694. The SMILES string of the molecule is CNc1ncccc1NCCCNCCc1cccc(C2(C(=O)O)CC2)c1. The fourth-order valence-electron chi connectivity index (χ4n) is 3.32. The van der Waals surface area contributed by atoms with Gasteiger partial charge in [0.25, 0.3) is 0 Å². The van der Waals surface area contributed by atoms with Crippen LogP contribution in [0.1, 0.15) is 30.4 Å². The van der Waals surface area contributed by atoms with Gasteiger partial charge in [-0.25, -0.2) is 4.98 Å². The van der Waals surface area contributed by atoms with Crippen LogP contribution < -0.4 is 16.0 Å². The van der Waals surface area contributed by atoms with Crippen molar-refractivity contribution in [3.05, 3.63) is 53.7 Å². The molecule has 27 heavy (non-hydrogen) atoms. The van der Waals surface area contributed by atoms with Gasteiger partial charge in [0.1, 0.15) is 5.82 Å². The maximum atomic E-state index is 11.5. The van der Waals surface area contributed by atoms with E-state index in [-0.39, 0.29) is 0 Å². The third-order valence-corrected chi connectivity index (χ3v) is 5.12. The average Bonchev–Trinajstić information content (AvgIpc) is 3.50. The minimum absolute atomic E-state index is 0.617. The Morgan fingerprint density at radius 2 is 2.04 bits per heavy atom. The standard InChI is InChI=1S/C21H28N4O2/c1-22-19-18(7-3-12-25-19)24-13-4-11-23-14-8-16-5-2-6-17(15-16)21(9-10-21)20(26)27/h2-3,5-7,12,15,23-24H,4,8-11,13-14H2,1H3,(H,22,25)(H,26,27). The number of aromatic nitrogens is 1. The summed E-state index contributed by atoms with van der Waals surface area (Å²) >= 11 is 0. The van der Waals surface area contributed by atoms with Crippen LogP contribution in [0.5, 0.6) is 0 Å². The zero-order chi connectivity index (χ0) is 19.1. The second kappa shape index (κ2) is 8.86. The van der Waals surface area contributed by atoms with Crippen LogP contribution in [0.2, 0.25) is 0 Å². The van der Waals surface area contributed by atoms with Crippen LogP contribution in [0.3, 0.4) is 0 Å². The highest BCUT2D eigenvalue weighted by atomic mass is 16.4. The largest absolute Gasteiger partial charge is 0.481 e. The predicted molar refractivity (Wildman–Crippen MR) is 108 cm³/mol. The number of carbonyl (C=O) groups is 1. The Morgan fingerprint density at radius 3 is 2.78 bits per heavy atom. The van der Waals surface area contributed by atoms with E-state index >= 15 is 0 Å². The molecular weight excluding hydrogens is 340 g/mol. The Balaban J connectivity index is 1.36. The molecule has 1 heterocycles. The molecule has 1 saturated carbocycles. The second-order valence-corrected chi connectivity index (χ2v) is 7.02. The van der Waals surface area contributed by atoms with Gasteiger partial charge >= 0.3 is 5.97 Å². The number of aliphatic carboxylic acids is 1. The highest BCUT2D eigenvalue weighted by Gasteiger charge is 2.51. The molecule has 1 aliphatic rings. The lowest BCUT2D eigenvalue weighted by Crippen LogP contribution is -2.22. The summed E-state index contributed by atoms with van der Waals surface area (Å²) in [6, 6.07) is 12.0. The molecule has 0 saturated heterocycles. The summed E-state index contributed by atoms with van der Waals surface area (Å²) in [5.74, 6) is 0.167. The van der Waals surface area contributed by atoms with Gasteiger partial charge in [0, 0.05) is 19.8 Å². The van der Waals surface area contributed by atoms with Gasteiger partial charge in [-0.1, -0.05) is 24.3 Å². The van der Waals surface area contributed by atoms with E-state index in [4.69, 9.17) is 0 Å². The molecule has 3 rings (SSSR count). The van der Waals surface area contributed by atoms with E-state index < -0.39 is 11.4 Å². The zero-order valence-corrected chi connectivity index (χ0v) is 15.8. The fraction of sp³-hybridized carbons (Fsp3) is 0.429. The first-order chi connectivity index (χ1) is 13.2. The number of pyridine rings is 1. The first-order valence-corrected chi connectivity index (χ1v) is 9.56. The summed E-state index contributed by atoms with van der Waals surface area (Å²) in [6.07, 6.45) is 5.20. The third-order valence-electron chi connectivity index (χ3n) is 5.12. The van der Waals surface area contributed by atoms with E-state index in [9.17, 15) is 9.90 Å². The van der Waals surface area contributed by atoms with Gasteiger partial charge in [0.05, 0.1) is 11.1 Å². The quantitative estimate of drug-likeness (QED) is 0.456. The zero-order valence-electron chi connectivity index (χ0n) is 15.8. The average molecular weight is 368 g/mol. The van der Waals surface area contributed by atoms with Gasteiger partial charge < -0.3 is 21.1 Å². The van der Waals surface area contributed by atoms with Crippen molar-refractivity contribution >= 4 is 17.5 Å². The highest BCUT2D eigenvalue weighted by molar-refractivity contribution is 5.84. The van der Waals surface area contributed by atoms with E-state index in [1.54, 1.807) is 6.20 Å². The molecule has 1 fully saturated rings. The van der Waals surface area contributed by atoms with E-state index in [2.05, 4.69) is 33.1 Å². The highest BCUT2D eigenvalue weighted by Crippen LogP contribution is 2.48. The molecule has 144 valence electrons. The Kier molecular flexibility index (Phi) is 6.29. The van der Waals surface area contributed by atoms with Gasteiger partial charge in [-0.15, -0.1) is 0 Å². The second-order valence-electron chi connectivity index (χ2n) is 7.02. The number of carboxylic acid groups (broad SMARTS) is 1. The number of nitrogens with zero attached hydrogens (tertiary/aromatic N) is 1. The third kappa shape index (κ3) is 4.77. The van der Waals surface area contributed by atoms with Gasteiger partial charge in [-0.2, -0.15) is 0 Å². The van der Waals surface area contributed by atoms with Crippen LogP contribution in [0.25, 0.3) is 0 Å². The topological polar surface area (TPSA) is 86.3 Å². The molecule has 0 spiro atoms. The van der Waals surface area contributed by atoms with Gasteiger partial charge in [0.15, 0.2) is 0 Å². The summed E-state index contributed by atoms with van der Waals surface area (Å²) in [5.41, 5.74) is 2.55. The summed E-state index contributed by atoms with van der Waals surface area (Å²) in [6.45, 7) is 2.70. The lowest BCUT2D eigenvalue weighted by Gasteiger charge is -2.12. The molecule has 4 N–H and O–H groups in total. The van der Waals surface area contributed by atoms with Crippen LogP contribution in [-0.4, -0.2) is 42.7 Å². The van der Waals surface area contributed by atoms with Gasteiger partial charge in [-0.05, 0) is 62.0 Å². The Labute approximate surface area is 160 Å². The molecule has 2 aromatic rings. The molecule has 0 unspecified atom stereocenters. The number of rotatable bonds is 11. The van der Waals surface area contributed by atoms with Crippen LogP contribution in [0.15, 0.2) is 42.6 Å². The summed E-state index contributed by atoms with van der Waals surface area (Å²) < 4.78 is 0. The maximum absolute atomic E-state index is 11.5. The van der Waals surface area contributed by atoms with E-state index in [0.717, 1.165) is 62.4 Å². The number of benzene rings is 1. The van der Waals surface area contributed by atoms with Crippen molar-refractivity contribution in [2.24, 2.45) is 0 Å². The van der Waals surface area contributed by atoms with Crippen molar-refractivity contribution < 1.29 is 9.90 Å². The number of anilines is 2. The van der Waals surface area contributed by atoms with Crippen LogP contribution in [0.4, 0.5) is 11.5 Å². The normalized spacial score (nSPS) is 14.6. The number of carboxylic acids is 1. The minimum Gasteiger partial charge on any atom is -0.481 e. The molecule has 6 nitrogen and oxygen atoms in total. The first kappa shape index (κ1) is 19.2. The van der Waals surface area contributed by atoms with Crippen molar-refractivity contribution in [2.75, 3.05) is 37.3 Å². The Morgan fingerprint density at radius 1 is 1.19 bits per heavy atom. The van der Waals surface area contributed by atoms with E-state index in [1.165, 1.54) is 5.56 Å². The van der Waals surface area contributed by atoms with E-state index in [0.29, 0.717) is 0 Å². The Bertz CT molecular complexity index is 774. The molecule has 1 aromatic heterocycles. The van der Waals surface area contributed by atoms with Gasteiger partial charge in [-0.3, -0.25) is 4.79 Å². The molecule has 0 amide bonds. The molecule has 0 radical (unpaired) electrons. The maximum Gasteiger partial charge on any atom is 0.314 e. The molecule has 1 aromatic carbocycles. The molecular formula is C21H28N4O2. The lowest BCUT2D eigenvalue weighted by atomic mass is 9.94. The van der Waals surface area contributed by atoms with Crippen LogP contribution >= 0.6 is 0 Å². The smallest absolute Gasteiger partial charge is 0.314 e. The molecule has 6 heteroatoms. The predicted octanol–water partition coefficient (Wildman–Crippen LogP) is 2.87. The first-order valence-electron chi connectivity index (χ1n) is 9.56. The molecule has 0 atom stereocenters. The van der Waals surface area contributed by atoms with Crippen LogP contribution in [0, 0.1) is 0 Å². The van der Waals surface area contributed by atoms with Crippen molar-refractivity contribution in [3.63, 3.8) is 0 Å². The van der Waals surface area contributed by atoms with E-state index in [1.807, 2.05) is 31.3 Å². The number of hydrogen-bond donors (Lipinski definition) is 4. The number of nitrogens with one attached hydrogen (secondary N) is 3. The van der Waals surface area contributed by atoms with Crippen molar-refractivity contribution in [1.82, 2.24) is 10.3 Å². The summed E-state index contributed by atoms with van der Waals surface area (Å²) in [4.78, 5) is 15.7. The Hall–Kier alpha value is -2.60. The molecule has 1 aliphatic carbocycles. The molecule has 0 bridgehead atoms. The lowest BCUT2D eigenvalue weighted by molar-refractivity contribution is -0.140. The van der Waals surface area contributed by atoms with Gasteiger partial charge in [0.2, 0.25) is 0 Å². The van der Waals surface area contributed by atoms with Crippen molar-refractivity contribution in [3.8, 4) is 0 Å². The van der Waals surface area contributed by atoms with Crippen LogP contribution in [-0.2, 0) is 16.6 Å². The fourth-order valence-corrected chi connectivity index (χ4v) is 3.32. The monoisotopic (exact) mass is 368 g/mol. The van der Waals surface area contributed by atoms with Crippen molar-refractivity contribution in [1.29, 1.82) is 0 Å². The number of hydrogen-bond acceptors (Lipinski definition) is 5. The summed E-state index contributed by atoms with van der Waals surface area (Å²) in [5, 5.41) is 19.4. The molecule has 0 aliphatic heterocycles.